The van der Waals surface area contributed by atoms with Crippen molar-refractivity contribution in [3.8, 4) is 0 Å². The fourth-order valence-corrected chi connectivity index (χ4v) is 2.46. The Hall–Kier alpha value is -0.0700. The highest BCUT2D eigenvalue weighted by molar-refractivity contribution is 8.29. The van der Waals surface area contributed by atoms with E-state index in [9.17, 15) is 4.21 Å². The molecule has 0 heterocycles. The monoisotopic (exact) mass is 271 g/mol. The van der Waals surface area contributed by atoms with Crippen molar-refractivity contribution in [1.29, 1.82) is 0 Å². The molecule has 78 valence electrons. The van der Waals surface area contributed by atoms with Crippen LogP contribution >= 0.6 is 23.2 Å². The van der Waals surface area contributed by atoms with Gasteiger partial charge in [-0.05, 0) is 17.7 Å². The van der Waals surface area contributed by atoms with E-state index in [0.29, 0.717) is 16.3 Å². The van der Waals surface area contributed by atoms with Gasteiger partial charge in [0.25, 0.3) is 0 Å². The van der Waals surface area contributed by atoms with E-state index in [4.69, 9.17) is 33.5 Å². The van der Waals surface area contributed by atoms with Gasteiger partial charge >= 0.3 is 0 Å². The van der Waals surface area contributed by atoms with Gasteiger partial charge in [0.1, 0.15) is 8.77 Å². The number of nitrogens with two attached hydrogens (primary N) is 1. The van der Waals surface area contributed by atoms with Gasteiger partial charge in [0.2, 0.25) is 0 Å². The lowest BCUT2D eigenvalue weighted by atomic mass is 10.2. The first-order chi connectivity index (χ1) is 6.29. The second kappa shape index (κ2) is 4.20. The van der Waals surface area contributed by atoms with Crippen LogP contribution < -0.4 is 5.73 Å². The molecule has 3 nitrogen and oxygen atoms in total. The van der Waals surface area contributed by atoms with E-state index < -0.39 is 8.77 Å². The molecule has 0 amide bonds. The SMILES string of the molecule is Nc1cc(CS(=O)(O)=S)c(Cl)cc1Cl. The lowest BCUT2D eigenvalue weighted by Gasteiger charge is -2.06. The van der Waals surface area contributed by atoms with Gasteiger partial charge in [-0.3, -0.25) is 0 Å². The summed E-state index contributed by atoms with van der Waals surface area (Å²) in [6, 6.07) is 2.88. The van der Waals surface area contributed by atoms with E-state index in [-0.39, 0.29) is 10.8 Å². The van der Waals surface area contributed by atoms with Gasteiger partial charge < -0.3 is 10.3 Å². The molecule has 14 heavy (non-hydrogen) atoms. The standard InChI is InChI=1S/C7H7Cl2NO2S2/c8-5-2-6(9)7(10)1-4(5)3-14(11,12)13/h1-2H,3,10H2,(H,11,12,13). The summed E-state index contributed by atoms with van der Waals surface area (Å²) < 4.78 is 19.9. The van der Waals surface area contributed by atoms with Gasteiger partial charge in [-0.2, -0.15) is 0 Å². The molecule has 0 aromatic heterocycles. The van der Waals surface area contributed by atoms with Crippen molar-refractivity contribution in [2.24, 2.45) is 0 Å². The number of benzene rings is 1. The molecule has 0 saturated heterocycles. The molecule has 1 aromatic rings. The van der Waals surface area contributed by atoms with Crippen molar-refractivity contribution < 1.29 is 8.76 Å². The van der Waals surface area contributed by atoms with Crippen LogP contribution in [0, 0.1) is 0 Å². The largest absolute Gasteiger partial charge is 0.398 e. The van der Waals surface area contributed by atoms with E-state index in [1.807, 2.05) is 0 Å². The van der Waals surface area contributed by atoms with Crippen LogP contribution in [0.1, 0.15) is 5.56 Å². The Bertz CT molecular complexity index is 459. The van der Waals surface area contributed by atoms with E-state index >= 15 is 0 Å². The zero-order chi connectivity index (χ0) is 10.9. The molecule has 0 radical (unpaired) electrons. The fraction of sp³-hybridized carbons (Fsp3) is 0.143. The first kappa shape index (κ1) is 12.0. The third kappa shape index (κ3) is 3.25. The minimum Gasteiger partial charge on any atom is -0.398 e. The fourth-order valence-electron chi connectivity index (χ4n) is 0.920. The molecular weight excluding hydrogens is 265 g/mol. The van der Waals surface area contributed by atoms with Crippen molar-refractivity contribution in [3.05, 3.63) is 27.7 Å². The molecular formula is C7H7Cl2NO2S2. The van der Waals surface area contributed by atoms with E-state index in [0.717, 1.165) is 0 Å². The summed E-state index contributed by atoms with van der Waals surface area (Å²) in [6.07, 6.45) is 0. The maximum Gasteiger partial charge on any atom is 0.145 e. The Labute approximate surface area is 96.7 Å². The van der Waals surface area contributed by atoms with Crippen LogP contribution in [0.25, 0.3) is 0 Å². The molecule has 0 fully saturated rings. The van der Waals surface area contributed by atoms with E-state index in [1.165, 1.54) is 12.1 Å². The predicted molar refractivity (Wildman–Crippen MR) is 62.7 cm³/mol. The molecule has 0 aliphatic carbocycles. The lowest BCUT2D eigenvalue weighted by molar-refractivity contribution is 0.561. The average molecular weight is 272 g/mol. The molecule has 0 aliphatic heterocycles. The van der Waals surface area contributed by atoms with Gasteiger partial charge in [-0.25, -0.2) is 4.21 Å². The summed E-state index contributed by atoms with van der Waals surface area (Å²) in [5.74, 6) is -0.206. The number of rotatable bonds is 2. The first-order valence-corrected chi connectivity index (χ1v) is 6.84. The number of nitrogen functional groups attached to an aromatic ring is 1. The van der Waals surface area contributed by atoms with Crippen LogP contribution in [-0.2, 0) is 25.7 Å². The van der Waals surface area contributed by atoms with E-state index in [1.54, 1.807) is 0 Å². The Balaban J connectivity index is 3.17. The molecule has 3 N–H and O–H groups in total. The minimum absolute atomic E-state index is 0.206. The summed E-state index contributed by atoms with van der Waals surface area (Å²) in [4.78, 5) is 0. The Morgan fingerprint density at radius 3 is 2.50 bits per heavy atom. The molecule has 1 unspecified atom stereocenters. The number of hydrogen-bond donors (Lipinski definition) is 2. The molecule has 1 aromatic carbocycles. The maximum atomic E-state index is 10.9. The minimum atomic E-state index is -3.28. The maximum absolute atomic E-state index is 10.9. The molecule has 1 atom stereocenters. The van der Waals surface area contributed by atoms with Crippen LogP contribution in [0.4, 0.5) is 5.69 Å². The molecule has 0 aliphatic rings. The van der Waals surface area contributed by atoms with Crippen LogP contribution in [-0.4, -0.2) is 8.76 Å². The zero-order valence-corrected chi connectivity index (χ0v) is 10.0. The summed E-state index contributed by atoms with van der Waals surface area (Å²) >= 11 is 15.8. The van der Waals surface area contributed by atoms with Gasteiger partial charge in [0, 0.05) is 16.2 Å². The number of hydrogen-bond acceptors (Lipinski definition) is 3. The van der Waals surface area contributed by atoms with Crippen molar-refractivity contribution in [3.63, 3.8) is 0 Å². The smallest absolute Gasteiger partial charge is 0.145 e. The summed E-state index contributed by atoms with van der Waals surface area (Å²) in [5.41, 5.74) is 6.25. The summed E-state index contributed by atoms with van der Waals surface area (Å²) in [5, 5.41) is 0.600. The number of halogens is 2. The third-order valence-electron chi connectivity index (χ3n) is 1.50. The Kier molecular flexibility index (Phi) is 3.60. The van der Waals surface area contributed by atoms with Crippen molar-refractivity contribution in [2.45, 2.75) is 5.75 Å². The predicted octanol–water partition coefficient (Wildman–Crippen LogP) is 2.29. The summed E-state index contributed by atoms with van der Waals surface area (Å²) in [6.45, 7) is 0. The topological polar surface area (TPSA) is 63.3 Å². The van der Waals surface area contributed by atoms with Crippen LogP contribution in [0.5, 0.6) is 0 Å². The zero-order valence-electron chi connectivity index (χ0n) is 6.87. The molecule has 0 saturated carbocycles. The second-order valence-corrected chi connectivity index (χ2v) is 6.52. The Morgan fingerprint density at radius 2 is 2.00 bits per heavy atom. The summed E-state index contributed by atoms with van der Waals surface area (Å²) in [7, 11) is -3.28. The van der Waals surface area contributed by atoms with Crippen molar-refractivity contribution in [1.82, 2.24) is 0 Å². The Morgan fingerprint density at radius 1 is 1.43 bits per heavy atom. The second-order valence-electron chi connectivity index (χ2n) is 2.69. The third-order valence-corrected chi connectivity index (χ3v) is 3.21. The molecule has 1 rings (SSSR count). The molecule has 0 spiro atoms. The van der Waals surface area contributed by atoms with Crippen molar-refractivity contribution in [2.75, 3.05) is 5.73 Å². The van der Waals surface area contributed by atoms with Gasteiger partial charge in [-0.15, -0.1) is 0 Å². The normalized spacial score (nSPS) is 15.1. The quantitative estimate of drug-likeness (QED) is 0.811. The van der Waals surface area contributed by atoms with Gasteiger partial charge in [0.05, 0.1) is 16.5 Å². The van der Waals surface area contributed by atoms with E-state index in [2.05, 4.69) is 11.2 Å². The van der Waals surface area contributed by atoms with Crippen LogP contribution in [0.3, 0.4) is 0 Å². The lowest BCUT2D eigenvalue weighted by Crippen LogP contribution is -2.01. The highest BCUT2D eigenvalue weighted by Crippen LogP contribution is 2.28. The van der Waals surface area contributed by atoms with Gasteiger partial charge in [-0.1, -0.05) is 23.2 Å². The van der Waals surface area contributed by atoms with Gasteiger partial charge in [0.15, 0.2) is 0 Å². The molecule has 7 heteroatoms. The van der Waals surface area contributed by atoms with Crippen LogP contribution in [0.15, 0.2) is 12.1 Å². The average Bonchev–Trinajstić information content (AvgIpc) is 1.97. The number of anilines is 1. The van der Waals surface area contributed by atoms with Crippen LogP contribution in [0.2, 0.25) is 10.0 Å². The highest BCUT2D eigenvalue weighted by Gasteiger charge is 2.09. The highest BCUT2D eigenvalue weighted by atomic mass is 35.5. The van der Waals surface area contributed by atoms with Crippen molar-refractivity contribution >= 4 is 48.9 Å². The first-order valence-electron chi connectivity index (χ1n) is 3.48. The molecule has 0 bridgehead atoms.